The van der Waals surface area contributed by atoms with E-state index < -0.39 is 0 Å². The van der Waals surface area contributed by atoms with E-state index in [9.17, 15) is 9.59 Å². The van der Waals surface area contributed by atoms with Crippen molar-refractivity contribution in [1.82, 2.24) is 25.7 Å². The maximum atomic E-state index is 13.2. The third kappa shape index (κ3) is 4.83. The SMILES string of the molecule is C1CCNC1.O=C(c1cc(Cc2n[nH]c(=O)c3ccccc23)cc2c1OCC2)N1CCNCC1. The zero-order valence-electron chi connectivity index (χ0n) is 19.4. The molecule has 3 aliphatic heterocycles. The van der Waals surface area contributed by atoms with Crippen molar-refractivity contribution < 1.29 is 9.53 Å². The summed E-state index contributed by atoms with van der Waals surface area (Å²) in [6.45, 7) is 6.11. The minimum Gasteiger partial charge on any atom is -0.492 e. The van der Waals surface area contributed by atoms with Gasteiger partial charge in [0.05, 0.1) is 23.3 Å². The minimum atomic E-state index is -0.193. The second kappa shape index (κ2) is 10.4. The van der Waals surface area contributed by atoms with E-state index in [1.807, 2.05) is 29.2 Å². The third-order valence-electron chi connectivity index (χ3n) is 6.58. The first-order valence-corrected chi connectivity index (χ1v) is 12.2. The van der Waals surface area contributed by atoms with E-state index in [1.165, 1.54) is 25.9 Å². The largest absolute Gasteiger partial charge is 0.492 e. The average molecular weight is 462 g/mol. The molecule has 178 valence electrons. The standard InChI is InChI=1S/C22H22N4O3.C4H9N/c27-21-17-4-2-1-3-16(17)19(24-25-21)13-14-11-15-5-10-29-20(15)18(12-14)22(28)26-8-6-23-7-9-26;1-2-4-5-3-1/h1-4,11-12,23H,5-10,13H2,(H,25,27);5H,1-4H2. The van der Waals surface area contributed by atoms with Crippen LogP contribution in [0.15, 0.2) is 41.2 Å². The molecule has 3 aliphatic rings. The average Bonchev–Trinajstić information content (AvgIpc) is 3.61. The zero-order chi connectivity index (χ0) is 23.3. The Balaban J connectivity index is 0.000000429. The van der Waals surface area contributed by atoms with Gasteiger partial charge in [0.15, 0.2) is 0 Å². The Morgan fingerprint density at radius 1 is 1.00 bits per heavy atom. The molecule has 0 atom stereocenters. The van der Waals surface area contributed by atoms with Crippen LogP contribution in [0, 0.1) is 0 Å². The first-order valence-electron chi connectivity index (χ1n) is 12.2. The Bertz CT molecular complexity index is 1220. The van der Waals surface area contributed by atoms with Gasteiger partial charge in [-0.3, -0.25) is 9.59 Å². The molecule has 0 saturated carbocycles. The van der Waals surface area contributed by atoms with Gasteiger partial charge in [-0.1, -0.05) is 24.3 Å². The predicted molar refractivity (Wildman–Crippen MR) is 132 cm³/mol. The van der Waals surface area contributed by atoms with Crippen LogP contribution in [0.4, 0.5) is 0 Å². The quantitative estimate of drug-likeness (QED) is 0.551. The number of carbonyl (C=O) groups excluding carboxylic acids is 1. The van der Waals surface area contributed by atoms with Gasteiger partial charge in [0.2, 0.25) is 0 Å². The second-order valence-electron chi connectivity index (χ2n) is 8.95. The fourth-order valence-electron chi connectivity index (χ4n) is 4.80. The molecule has 8 heteroatoms. The van der Waals surface area contributed by atoms with E-state index in [0.717, 1.165) is 47.5 Å². The van der Waals surface area contributed by atoms with Gasteiger partial charge in [0, 0.05) is 44.4 Å². The number of nitrogens with one attached hydrogen (secondary N) is 3. The summed E-state index contributed by atoms with van der Waals surface area (Å²) in [6, 6.07) is 11.5. The van der Waals surface area contributed by atoms with Gasteiger partial charge in [0.1, 0.15) is 5.75 Å². The summed E-state index contributed by atoms with van der Waals surface area (Å²) in [5.74, 6) is 0.738. The molecule has 2 fully saturated rings. The highest BCUT2D eigenvalue weighted by molar-refractivity contribution is 5.98. The number of aromatic amines is 1. The molecule has 8 nitrogen and oxygen atoms in total. The van der Waals surface area contributed by atoms with Gasteiger partial charge in [-0.05, 0) is 49.2 Å². The fraction of sp³-hybridized carbons (Fsp3) is 0.423. The summed E-state index contributed by atoms with van der Waals surface area (Å²) in [7, 11) is 0. The first-order chi connectivity index (χ1) is 16.7. The van der Waals surface area contributed by atoms with Crippen molar-refractivity contribution in [3.05, 3.63) is 69.1 Å². The van der Waals surface area contributed by atoms with E-state index in [4.69, 9.17) is 4.74 Å². The van der Waals surface area contributed by atoms with Crippen LogP contribution in [0.1, 0.15) is 40.0 Å². The van der Waals surface area contributed by atoms with Gasteiger partial charge in [-0.2, -0.15) is 5.10 Å². The number of piperazine rings is 1. The maximum Gasteiger partial charge on any atom is 0.272 e. The lowest BCUT2D eigenvalue weighted by Crippen LogP contribution is -2.46. The highest BCUT2D eigenvalue weighted by Crippen LogP contribution is 2.33. The van der Waals surface area contributed by atoms with Crippen molar-refractivity contribution in [1.29, 1.82) is 0 Å². The first kappa shape index (κ1) is 22.6. The smallest absolute Gasteiger partial charge is 0.272 e. The van der Waals surface area contributed by atoms with Crippen molar-refractivity contribution >= 4 is 16.7 Å². The van der Waals surface area contributed by atoms with Crippen LogP contribution in [0.25, 0.3) is 10.8 Å². The number of H-pyrrole nitrogens is 1. The van der Waals surface area contributed by atoms with E-state index in [-0.39, 0.29) is 11.5 Å². The topological polar surface area (TPSA) is 99.3 Å². The lowest BCUT2D eigenvalue weighted by molar-refractivity contribution is 0.0732. The number of nitrogens with zero attached hydrogens (tertiary/aromatic N) is 2. The van der Waals surface area contributed by atoms with Crippen LogP contribution in [0.2, 0.25) is 0 Å². The predicted octanol–water partition coefficient (Wildman–Crippen LogP) is 1.86. The molecule has 4 heterocycles. The molecule has 0 radical (unpaired) electrons. The summed E-state index contributed by atoms with van der Waals surface area (Å²) < 4.78 is 5.81. The van der Waals surface area contributed by atoms with Crippen LogP contribution in [0.5, 0.6) is 5.75 Å². The number of benzene rings is 2. The fourth-order valence-corrected chi connectivity index (χ4v) is 4.80. The van der Waals surface area contributed by atoms with E-state index in [0.29, 0.717) is 37.1 Å². The maximum absolute atomic E-state index is 13.2. The Hall–Kier alpha value is -3.23. The Labute approximate surface area is 198 Å². The van der Waals surface area contributed by atoms with Crippen LogP contribution < -0.4 is 20.9 Å². The molecule has 1 aromatic heterocycles. The van der Waals surface area contributed by atoms with E-state index >= 15 is 0 Å². The molecule has 1 amide bonds. The van der Waals surface area contributed by atoms with Crippen LogP contribution in [0.3, 0.4) is 0 Å². The molecular weight excluding hydrogens is 430 g/mol. The third-order valence-corrected chi connectivity index (χ3v) is 6.58. The molecule has 0 bridgehead atoms. The molecule has 6 rings (SSSR count). The molecule has 0 spiro atoms. The summed E-state index contributed by atoms with van der Waals surface area (Å²) in [6.07, 6.45) is 4.11. The number of rotatable bonds is 3. The van der Waals surface area contributed by atoms with Crippen molar-refractivity contribution in [3.63, 3.8) is 0 Å². The molecule has 3 aromatic rings. The Morgan fingerprint density at radius 2 is 1.74 bits per heavy atom. The molecule has 2 aromatic carbocycles. The Morgan fingerprint density at radius 3 is 2.47 bits per heavy atom. The van der Waals surface area contributed by atoms with Crippen molar-refractivity contribution in [2.24, 2.45) is 0 Å². The highest BCUT2D eigenvalue weighted by Gasteiger charge is 2.26. The summed E-state index contributed by atoms with van der Waals surface area (Å²) >= 11 is 0. The van der Waals surface area contributed by atoms with E-state index in [2.05, 4.69) is 26.9 Å². The molecule has 3 N–H and O–H groups in total. The zero-order valence-corrected chi connectivity index (χ0v) is 19.4. The number of hydrogen-bond donors (Lipinski definition) is 3. The lowest BCUT2D eigenvalue weighted by atomic mass is 9.98. The van der Waals surface area contributed by atoms with Crippen molar-refractivity contribution in [3.8, 4) is 5.75 Å². The summed E-state index contributed by atoms with van der Waals surface area (Å²) in [5, 5.41) is 14.8. The molecule has 0 unspecified atom stereocenters. The normalized spacial score (nSPS) is 17.1. The van der Waals surface area contributed by atoms with Gasteiger partial charge < -0.3 is 20.3 Å². The highest BCUT2D eigenvalue weighted by atomic mass is 16.5. The van der Waals surface area contributed by atoms with Crippen LogP contribution >= 0.6 is 0 Å². The number of ether oxygens (including phenoxy) is 1. The summed E-state index contributed by atoms with van der Waals surface area (Å²) in [5.41, 5.74) is 3.29. The summed E-state index contributed by atoms with van der Waals surface area (Å²) in [4.78, 5) is 27.1. The number of hydrogen-bond acceptors (Lipinski definition) is 6. The van der Waals surface area contributed by atoms with Gasteiger partial charge in [0.25, 0.3) is 11.5 Å². The van der Waals surface area contributed by atoms with E-state index in [1.54, 1.807) is 6.07 Å². The number of aromatic nitrogens is 2. The van der Waals surface area contributed by atoms with Crippen molar-refractivity contribution in [2.75, 3.05) is 45.9 Å². The second-order valence-corrected chi connectivity index (χ2v) is 8.95. The van der Waals surface area contributed by atoms with Crippen LogP contribution in [-0.2, 0) is 12.8 Å². The van der Waals surface area contributed by atoms with Crippen molar-refractivity contribution in [2.45, 2.75) is 25.7 Å². The molecule has 0 aliphatic carbocycles. The van der Waals surface area contributed by atoms with Gasteiger partial charge in [-0.25, -0.2) is 5.10 Å². The lowest BCUT2D eigenvalue weighted by Gasteiger charge is -2.28. The Kier molecular flexibility index (Phi) is 6.87. The van der Waals surface area contributed by atoms with Crippen LogP contribution in [-0.4, -0.2) is 66.9 Å². The molecular formula is C26H31N5O3. The number of fused-ring (bicyclic) bond motifs is 2. The molecule has 2 saturated heterocycles. The number of amides is 1. The molecule has 34 heavy (non-hydrogen) atoms. The van der Waals surface area contributed by atoms with Gasteiger partial charge >= 0.3 is 0 Å². The number of carbonyl (C=O) groups is 1. The van der Waals surface area contributed by atoms with Gasteiger partial charge in [-0.15, -0.1) is 0 Å². The minimum absolute atomic E-state index is 0.0192. The monoisotopic (exact) mass is 461 g/mol.